The molecule has 0 radical (unpaired) electrons. The van der Waals surface area contributed by atoms with Gasteiger partial charge in [0.15, 0.2) is 31.2 Å². The van der Waals surface area contributed by atoms with Gasteiger partial charge in [-0.05, 0) is 54.8 Å². The Morgan fingerprint density at radius 3 is 2.32 bits per heavy atom. The van der Waals surface area contributed by atoms with E-state index in [1.807, 2.05) is 0 Å². The van der Waals surface area contributed by atoms with Gasteiger partial charge in [-0.1, -0.05) is 41.9 Å². The lowest BCUT2D eigenvalue weighted by Crippen LogP contribution is -2.57. The molecular weight excluding hydrogens is 558 g/mol. The number of benzene rings is 3. The first kappa shape index (κ1) is 27.1. The smallest absolute Gasteiger partial charge is 0.189 e. The number of fused-ring (bicyclic) bond motifs is 3. The molecule has 6 nitrogen and oxygen atoms in total. The highest BCUT2D eigenvalue weighted by molar-refractivity contribution is 7.92. The summed E-state index contributed by atoms with van der Waals surface area (Å²) in [5.74, 6) is -3.69. The molecule has 2 aliphatic rings. The third-order valence-corrected chi connectivity index (χ3v) is 11.7. The SMILES string of the molecule is O=S(=O)(CC[C@@H]1OCC[C@@]2(S(=O)(=O)c3ccc(Cl)cc3)c3c(F)ccc(F)c3OC[C@@H]12)Cc1ccccc1. The van der Waals surface area contributed by atoms with Crippen LogP contribution in [0.3, 0.4) is 0 Å². The second-order valence-electron chi connectivity index (χ2n) is 9.52. The van der Waals surface area contributed by atoms with Gasteiger partial charge in [-0.3, -0.25) is 0 Å². The van der Waals surface area contributed by atoms with Crippen LogP contribution in [-0.2, 0) is 34.9 Å². The van der Waals surface area contributed by atoms with Gasteiger partial charge in [-0.25, -0.2) is 25.6 Å². The fourth-order valence-corrected chi connectivity index (χ4v) is 9.44. The number of ether oxygens (including phenoxy) is 2. The van der Waals surface area contributed by atoms with Crippen molar-refractivity contribution in [3.8, 4) is 5.75 Å². The standard InChI is InChI=1S/C27H25ClF2O6S2/c28-19-6-8-20(9-7-19)38(33,34)27-13-14-35-24(12-15-37(31,32)17-18-4-2-1-3-5-18)21(27)16-36-26-23(30)11-10-22(29)25(26)27/h1-11,21,24H,12-17H2/t21-,24-,27-/m0/s1. The number of hydrogen-bond acceptors (Lipinski definition) is 6. The third-order valence-electron chi connectivity index (χ3n) is 7.29. The van der Waals surface area contributed by atoms with Gasteiger partial charge >= 0.3 is 0 Å². The van der Waals surface area contributed by atoms with Crippen LogP contribution < -0.4 is 4.74 Å². The zero-order valence-corrected chi connectivity index (χ0v) is 22.5. The Labute approximate surface area is 225 Å². The molecule has 11 heteroatoms. The summed E-state index contributed by atoms with van der Waals surface area (Å²) in [5.41, 5.74) is 0.244. The van der Waals surface area contributed by atoms with Crippen LogP contribution in [0.15, 0.2) is 71.6 Å². The second kappa shape index (κ2) is 10.2. The summed E-state index contributed by atoms with van der Waals surface area (Å²) in [6, 6.07) is 15.9. The van der Waals surface area contributed by atoms with Crippen LogP contribution in [0, 0.1) is 17.6 Å². The zero-order valence-electron chi connectivity index (χ0n) is 20.1. The molecule has 0 aromatic heterocycles. The van der Waals surface area contributed by atoms with Crippen molar-refractivity contribution in [3.05, 3.63) is 94.5 Å². The molecule has 0 saturated carbocycles. The Morgan fingerprint density at radius 2 is 1.61 bits per heavy atom. The molecule has 3 aromatic carbocycles. The lowest BCUT2D eigenvalue weighted by atomic mass is 9.75. The summed E-state index contributed by atoms with van der Waals surface area (Å²) in [4.78, 5) is -0.110. The van der Waals surface area contributed by atoms with E-state index in [4.69, 9.17) is 21.1 Å². The maximum atomic E-state index is 15.5. The van der Waals surface area contributed by atoms with Crippen LogP contribution in [0.4, 0.5) is 8.78 Å². The zero-order chi connectivity index (χ0) is 27.1. The van der Waals surface area contributed by atoms with Crippen LogP contribution in [0.25, 0.3) is 0 Å². The van der Waals surface area contributed by atoms with Crippen molar-refractivity contribution in [1.29, 1.82) is 0 Å². The van der Waals surface area contributed by atoms with Crippen LogP contribution >= 0.6 is 11.6 Å². The number of rotatable bonds is 7. The second-order valence-corrected chi connectivity index (χ2v) is 14.4. The van der Waals surface area contributed by atoms with Crippen molar-refractivity contribution in [2.75, 3.05) is 19.0 Å². The molecule has 3 atom stereocenters. The Bertz CT molecular complexity index is 1550. The molecule has 0 spiro atoms. The summed E-state index contributed by atoms with van der Waals surface area (Å²) in [5, 5.41) is 0.316. The van der Waals surface area contributed by atoms with Gasteiger partial charge in [0.2, 0.25) is 0 Å². The van der Waals surface area contributed by atoms with Gasteiger partial charge in [0, 0.05) is 17.5 Å². The van der Waals surface area contributed by atoms with Gasteiger partial charge in [0.05, 0.1) is 34.7 Å². The maximum absolute atomic E-state index is 15.5. The maximum Gasteiger partial charge on any atom is 0.189 e. The Balaban J connectivity index is 1.56. The topological polar surface area (TPSA) is 86.7 Å². The van der Waals surface area contributed by atoms with E-state index < -0.39 is 53.8 Å². The van der Waals surface area contributed by atoms with E-state index in [0.717, 1.165) is 12.1 Å². The van der Waals surface area contributed by atoms with E-state index in [0.29, 0.717) is 10.6 Å². The average Bonchev–Trinajstić information content (AvgIpc) is 2.89. The Hall–Kier alpha value is -2.53. The minimum atomic E-state index is -4.36. The molecule has 5 rings (SSSR count). The van der Waals surface area contributed by atoms with Crippen molar-refractivity contribution < 1.29 is 35.1 Å². The quantitative estimate of drug-likeness (QED) is 0.386. The van der Waals surface area contributed by atoms with Crippen molar-refractivity contribution in [3.63, 3.8) is 0 Å². The van der Waals surface area contributed by atoms with Crippen LogP contribution in [0.1, 0.15) is 24.0 Å². The largest absolute Gasteiger partial charge is 0.490 e. The molecule has 0 N–H and O–H groups in total. The predicted molar refractivity (Wildman–Crippen MR) is 139 cm³/mol. The average molecular weight is 583 g/mol. The molecule has 2 aliphatic heterocycles. The molecule has 0 unspecified atom stereocenters. The first-order valence-corrected chi connectivity index (χ1v) is 15.7. The molecule has 1 fully saturated rings. The first-order valence-electron chi connectivity index (χ1n) is 12.0. The minimum absolute atomic E-state index is 0.0344. The first-order chi connectivity index (χ1) is 18.0. The molecule has 38 heavy (non-hydrogen) atoms. The minimum Gasteiger partial charge on any atom is -0.490 e. The fraction of sp³-hybridized carbons (Fsp3) is 0.333. The molecule has 2 heterocycles. The van der Waals surface area contributed by atoms with Crippen LogP contribution in [-0.4, -0.2) is 41.9 Å². The Morgan fingerprint density at radius 1 is 0.921 bits per heavy atom. The van der Waals surface area contributed by atoms with E-state index in [9.17, 15) is 21.2 Å². The van der Waals surface area contributed by atoms with Crippen molar-refractivity contribution in [1.82, 2.24) is 0 Å². The normalized spacial score (nSPS) is 23.2. The van der Waals surface area contributed by atoms with Crippen molar-refractivity contribution >= 4 is 31.3 Å². The van der Waals surface area contributed by atoms with Crippen molar-refractivity contribution in [2.45, 2.75) is 34.3 Å². The molecule has 0 amide bonds. The van der Waals surface area contributed by atoms with Crippen LogP contribution in [0.2, 0.25) is 5.02 Å². The van der Waals surface area contributed by atoms with E-state index in [2.05, 4.69) is 0 Å². The van der Waals surface area contributed by atoms with E-state index in [-0.39, 0.29) is 48.0 Å². The van der Waals surface area contributed by atoms with E-state index in [1.165, 1.54) is 24.3 Å². The molecule has 1 saturated heterocycles. The van der Waals surface area contributed by atoms with E-state index in [1.54, 1.807) is 30.3 Å². The van der Waals surface area contributed by atoms with Crippen LogP contribution in [0.5, 0.6) is 5.75 Å². The molecular formula is C27H25ClF2O6S2. The third kappa shape index (κ3) is 4.72. The van der Waals surface area contributed by atoms with Gasteiger partial charge in [0.1, 0.15) is 10.6 Å². The number of hydrogen-bond donors (Lipinski definition) is 0. The van der Waals surface area contributed by atoms with E-state index >= 15 is 4.39 Å². The molecule has 0 bridgehead atoms. The number of sulfone groups is 2. The Kier molecular flexibility index (Phi) is 7.28. The lowest BCUT2D eigenvalue weighted by molar-refractivity contribution is -0.0732. The van der Waals surface area contributed by atoms with Gasteiger partial charge < -0.3 is 9.47 Å². The summed E-state index contributed by atoms with van der Waals surface area (Å²) in [7, 11) is -7.94. The highest BCUT2D eigenvalue weighted by Gasteiger charge is 2.61. The van der Waals surface area contributed by atoms with Gasteiger partial charge in [-0.2, -0.15) is 0 Å². The lowest BCUT2D eigenvalue weighted by Gasteiger charge is -2.50. The highest BCUT2D eigenvalue weighted by Crippen LogP contribution is 2.56. The fourth-order valence-electron chi connectivity index (χ4n) is 5.53. The summed E-state index contributed by atoms with van der Waals surface area (Å²) < 4.78 is 94.3. The molecule has 202 valence electrons. The molecule has 3 aromatic rings. The van der Waals surface area contributed by atoms with Gasteiger partial charge in [-0.15, -0.1) is 0 Å². The molecule has 0 aliphatic carbocycles. The summed E-state index contributed by atoms with van der Waals surface area (Å²) >= 11 is 5.97. The van der Waals surface area contributed by atoms with Gasteiger partial charge in [0.25, 0.3) is 0 Å². The monoisotopic (exact) mass is 582 g/mol. The summed E-state index contributed by atoms with van der Waals surface area (Å²) in [6.07, 6.45) is -1.09. The van der Waals surface area contributed by atoms with Crippen molar-refractivity contribution in [2.24, 2.45) is 5.92 Å². The highest BCUT2D eigenvalue weighted by atomic mass is 35.5. The summed E-state index contributed by atoms with van der Waals surface area (Å²) in [6.45, 7) is -0.383. The predicted octanol–water partition coefficient (Wildman–Crippen LogP) is 5.09. The number of halogens is 3.